The summed E-state index contributed by atoms with van der Waals surface area (Å²) in [5.41, 5.74) is 0.948. The molecule has 6 unspecified atom stereocenters. The van der Waals surface area contributed by atoms with Gasteiger partial charge in [-0.3, -0.25) is 9.59 Å². The summed E-state index contributed by atoms with van der Waals surface area (Å²) in [6, 6.07) is 9.66. The van der Waals surface area contributed by atoms with Crippen LogP contribution in [0.15, 0.2) is 36.4 Å². The second-order valence-corrected chi connectivity index (χ2v) is 8.46. The first-order chi connectivity index (χ1) is 14.2. The van der Waals surface area contributed by atoms with Crippen LogP contribution in [0.3, 0.4) is 0 Å². The van der Waals surface area contributed by atoms with Crippen molar-refractivity contribution in [3.8, 4) is 0 Å². The van der Waals surface area contributed by atoms with Crippen molar-refractivity contribution in [3.63, 3.8) is 0 Å². The molecule has 1 aromatic rings. The molecule has 0 bridgehead atoms. The fourth-order valence-corrected chi connectivity index (χ4v) is 4.51. The highest BCUT2D eigenvalue weighted by Gasteiger charge is 2.47. The number of esters is 2. The number of carbonyl (C=O) groups excluding carboxylic acids is 2. The van der Waals surface area contributed by atoms with Gasteiger partial charge in [0.25, 0.3) is 6.29 Å². The van der Waals surface area contributed by atoms with E-state index < -0.39 is 6.29 Å². The van der Waals surface area contributed by atoms with Crippen molar-refractivity contribution in [1.29, 1.82) is 0 Å². The maximum Gasteiger partial charge on any atom is 0.312 e. The molecule has 2 aliphatic heterocycles. The minimum Gasteiger partial charge on any atom is -0.421 e. The third-order valence-electron chi connectivity index (χ3n) is 6.38. The molecule has 2 saturated carbocycles. The van der Waals surface area contributed by atoms with E-state index in [1.165, 1.54) is 0 Å². The summed E-state index contributed by atoms with van der Waals surface area (Å²) in [4.78, 5) is 25.4. The smallest absolute Gasteiger partial charge is 0.312 e. The highest BCUT2D eigenvalue weighted by molar-refractivity contribution is 5.75. The van der Waals surface area contributed by atoms with Crippen molar-refractivity contribution in [2.75, 3.05) is 0 Å². The normalized spacial score (nSPS) is 35.9. The molecular weight excluding hydrogens is 372 g/mol. The molecule has 6 atom stereocenters. The van der Waals surface area contributed by atoms with Crippen LogP contribution >= 0.6 is 0 Å². The van der Waals surface area contributed by atoms with Crippen LogP contribution in [0.4, 0.5) is 0 Å². The number of rotatable bonds is 6. The van der Waals surface area contributed by atoms with Gasteiger partial charge in [-0.2, -0.15) is 0 Å². The molecule has 4 aliphatic rings. The van der Waals surface area contributed by atoms with Gasteiger partial charge in [-0.1, -0.05) is 36.4 Å². The van der Waals surface area contributed by atoms with E-state index in [2.05, 4.69) is 0 Å². The summed E-state index contributed by atoms with van der Waals surface area (Å²) in [6.07, 6.45) is 8.13. The molecule has 0 amide bonds. The molecule has 0 spiro atoms. The SMILES string of the molecule is O=C(OC(C=Cc1ccccc1)OC(=O)C1CCC2OC2C1)C1CCC2OC2C1. The molecule has 6 nitrogen and oxygen atoms in total. The van der Waals surface area contributed by atoms with Crippen molar-refractivity contribution in [2.24, 2.45) is 11.8 Å². The minimum absolute atomic E-state index is 0.191. The molecule has 0 N–H and O–H groups in total. The van der Waals surface area contributed by atoms with Crippen molar-refractivity contribution in [1.82, 2.24) is 0 Å². The molecule has 0 radical (unpaired) electrons. The van der Waals surface area contributed by atoms with Gasteiger partial charge in [0.2, 0.25) is 0 Å². The molecular formula is C23H26O6. The molecule has 0 aromatic heterocycles. The van der Waals surface area contributed by atoms with E-state index >= 15 is 0 Å². The van der Waals surface area contributed by atoms with Crippen LogP contribution in [0.1, 0.15) is 44.1 Å². The van der Waals surface area contributed by atoms with Crippen LogP contribution in [0, 0.1) is 11.8 Å². The van der Waals surface area contributed by atoms with Gasteiger partial charge in [0, 0.05) is 0 Å². The number of fused-ring (bicyclic) bond motifs is 2. The van der Waals surface area contributed by atoms with E-state index in [4.69, 9.17) is 18.9 Å². The zero-order valence-corrected chi connectivity index (χ0v) is 16.3. The van der Waals surface area contributed by atoms with Gasteiger partial charge in [0.05, 0.1) is 36.3 Å². The molecule has 6 heteroatoms. The summed E-state index contributed by atoms with van der Waals surface area (Å²) >= 11 is 0. The Labute approximate surface area is 170 Å². The summed E-state index contributed by atoms with van der Waals surface area (Å²) in [5.74, 6) is -1.02. The fraction of sp³-hybridized carbons (Fsp3) is 0.565. The van der Waals surface area contributed by atoms with Crippen molar-refractivity contribution in [2.45, 2.75) is 69.2 Å². The third kappa shape index (κ3) is 4.54. The monoisotopic (exact) mass is 398 g/mol. The van der Waals surface area contributed by atoms with Crippen LogP contribution in [-0.2, 0) is 28.5 Å². The predicted octanol–water partition coefficient (Wildman–Crippen LogP) is 3.25. The van der Waals surface area contributed by atoms with E-state index in [9.17, 15) is 9.59 Å². The molecule has 2 heterocycles. The Morgan fingerprint density at radius 3 is 1.90 bits per heavy atom. The molecule has 1 aromatic carbocycles. The van der Waals surface area contributed by atoms with Gasteiger partial charge in [-0.15, -0.1) is 0 Å². The largest absolute Gasteiger partial charge is 0.421 e. The van der Waals surface area contributed by atoms with Crippen LogP contribution in [-0.4, -0.2) is 42.6 Å². The average Bonchev–Trinajstić information content (AvgIpc) is 3.65. The highest BCUT2D eigenvalue weighted by atomic mass is 16.7. The number of hydrogen-bond donors (Lipinski definition) is 0. The predicted molar refractivity (Wildman–Crippen MR) is 103 cm³/mol. The highest BCUT2D eigenvalue weighted by Crippen LogP contribution is 2.41. The Hall–Kier alpha value is -2.18. The standard InChI is InChI=1S/C23H26O6/c24-22(15-7-9-17-19(12-15)26-17)28-21(11-6-14-4-2-1-3-5-14)29-23(25)16-8-10-18-20(13-16)27-18/h1-6,11,15-21H,7-10,12-13H2. The Morgan fingerprint density at radius 1 is 0.828 bits per heavy atom. The van der Waals surface area contributed by atoms with Crippen molar-refractivity contribution in [3.05, 3.63) is 42.0 Å². The molecule has 2 saturated heterocycles. The molecule has 4 fully saturated rings. The summed E-state index contributed by atoms with van der Waals surface area (Å²) in [5, 5.41) is 0. The summed E-state index contributed by atoms with van der Waals surface area (Å²) < 4.78 is 22.3. The lowest BCUT2D eigenvalue weighted by atomic mass is 9.89. The Bertz CT molecular complexity index is 748. The first kappa shape index (κ1) is 18.8. The fourth-order valence-electron chi connectivity index (χ4n) is 4.51. The van der Waals surface area contributed by atoms with Gasteiger partial charge in [0.15, 0.2) is 0 Å². The Balaban J connectivity index is 1.23. The number of ether oxygens (including phenoxy) is 4. The van der Waals surface area contributed by atoms with Crippen molar-refractivity contribution < 1.29 is 28.5 Å². The van der Waals surface area contributed by atoms with Crippen LogP contribution < -0.4 is 0 Å². The van der Waals surface area contributed by atoms with E-state index in [0.717, 1.165) is 31.2 Å². The number of benzene rings is 1. The number of epoxide rings is 2. The van der Waals surface area contributed by atoms with Crippen LogP contribution in [0.2, 0.25) is 0 Å². The summed E-state index contributed by atoms with van der Waals surface area (Å²) in [7, 11) is 0. The second kappa shape index (κ2) is 7.92. The van der Waals surface area contributed by atoms with Gasteiger partial charge in [0.1, 0.15) is 0 Å². The van der Waals surface area contributed by atoms with E-state index in [-0.39, 0.29) is 36.0 Å². The lowest BCUT2D eigenvalue weighted by Crippen LogP contribution is -2.32. The van der Waals surface area contributed by atoms with E-state index in [0.29, 0.717) is 25.0 Å². The van der Waals surface area contributed by atoms with Gasteiger partial charge in [-0.05, 0) is 50.2 Å². The molecule has 29 heavy (non-hydrogen) atoms. The summed E-state index contributed by atoms with van der Waals surface area (Å²) in [6.45, 7) is 0. The molecule has 2 aliphatic carbocycles. The number of hydrogen-bond acceptors (Lipinski definition) is 6. The first-order valence-electron chi connectivity index (χ1n) is 10.6. The molecule has 154 valence electrons. The topological polar surface area (TPSA) is 77.7 Å². The quantitative estimate of drug-likeness (QED) is 0.416. The number of carbonyl (C=O) groups is 2. The Morgan fingerprint density at radius 2 is 1.38 bits per heavy atom. The van der Waals surface area contributed by atoms with E-state index in [1.807, 2.05) is 36.4 Å². The lowest BCUT2D eigenvalue weighted by Gasteiger charge is -2.23. The zero-order valence-electron chi connectivity index (χ0n) is 16.3. The van der Waals surface area contributed by atoms with Crippen molar-refractivity contribution >= 4 is 18.0 Å². The zero-order chi connectivity index (χ0) is 19.8. The lowest BCUT2D eigenvalue weighted by molar-refractivity contribution is -0.186. The first-order valence-corrected chi connectivity index (χ1v) is 10.6. The second-order valence-electron chi connectivity index (χ2n) is 8.46. The maximum absolute atomic E-state index is 12.7. The van der Waals surface area contributed by atoms with Gasteiger partial charge in [-0.25, -0.2) is 0 Å². The Kier molecular flexibility index (Phi) is 5.14. The third-order valence-corrected chi connectivity index (χ3v) is 6.38. The average molecular weight is 398 g/mol. The van der Waals surface area contributed by atoms with E-state index in [1.54, 1.807) is 6.08 Å². The van der Waals surface area contributed by atoms with Gasteiger partial charge >= 0.3 is 11.9 Å². The maximum atomic E-state index is 12.7. The molecule has 5 rings (SSSR count). The van der Waals surface area contributed by atoms with Crippen LogP contribution in [0.5, 0.6) is 0 Å². The van der Waals surface area contributed by atoms with Gasteiger partial charge < -0.3 is 18.9 Å². The minimum atomic E-state index is -1.02. The van der Waals surface area contributed by atoms with Crippen LogP contribution in [0.25, 0.3) is 6.08 Å².